The van der Waals surface area contributed by atoms with Crippen molar-refractivity contribution in [1.82, 2.24) is 0 Å². The number of hydrogen-bond donors (Lipinski definition) is 1. The summed E-state index contributed by atoms with van der Waals surface area (Å²) >= 11 is 4.18. The minimum Gasteiger partial charge on any atom is -0.365 e. The van der Waals surface area contributed by atoms with Crippen molar-refractivity contribution in [2.24, 2.45) is 0 Å². The molecule has 1 aliphatic rings. The minimum atomic E-state index is 0.222. The fourth-order valence-electron chi connectivity index (χ4n) is 0.987. The van der Waals surface area contributed by atoms with Gasteiger partial charge >= 0.3 is 0 Å². The predicted molar refractivity (Wildman–Crippen MR) is 37.2 cm³/mol. The normalized spacial score (nSPS) is 38.2. The summed E-state index contributed by atoms with van der Waals surface area (Å²) in [7, 11) is 0. The van der Waals surface area contributed by atoms with Crippen molar-refractivity contribution < 1.29 is 4.74 Å². The topological polar surface area (TPSA) is 9.23 Å². The number of ether oxygens (including phenoxy) is 1. The zero-order valence-corrected chi connectivity index (χ0v) is 6.03. The van der Waals surface area contributed by atoms with Crippen LogP contribution in [0.5, 0.6) is 0 Å². The SMILES string of the molecule is CCC1CCC(S)O1. The Balaban J connectivity index is 2.22. The second-order valence-electron chi connectivity index (χ2n) is 2.20. The van der Waals surface area contributed by atoms with Crippen molar-refractivity contribution in [2.75, 3.05) is 0 Å². The molecule has 0 amide bonds. The van der Waals surface area contributed by atoms with Gasteiger partial charge < -0.3 is 4.74 Å². The van der Waals surface area contributed by atoms with Gasteiger partial charge in [0.25, 0.3) is 0 Å². The molecule has 48 valence electrons. The molecule has 1 saturated heterocycles. The Bertz CT molecular complexity index is 74.9. The van der Waals surface area contributed by atoms with E-state index < -0.39 is 0 Å². The monoisotopic (exact) mass is 132 g/mol. The quantitative estimate of drug-likeness (QED) is 0.535. The summed E-state index contributed by atoms with van der Waals surface area (Å²) in [6.07, 6.45) is 3.96. The van der Waals surface area contributed by atoms with Crippen LogP contribution < -0.4 is 0 Å². The third-order valence-corrected chi connectivity index (χ3v) is 1.92. The molecule has 1 aliphatic heterocycles. The van der Waals surface area contributed by atoms with Crippen LogP contribution in [0, 0.1) is 0 Å². The van der Waals surface area contributed by atoms with Gasteiger partial charge in [0.2, 0.25) is 0 Å². The van der Waals surface area contributed by atoms with E-state index in [1.54, 1.807) is 0 Å². The molecule has 1 nitrogen and oxygen atoms in total. The van der Waals surface area contributed by atoms with Gasteiger partial charge in [-0.3, -0.25) is 0 Å². The highest BCUT2D eigenvalue weighted by Crippen LogP contribution is 2.23. The molecule has 0 N–H and O–H groups in total. The lowest BCUT2D eigenvalue weighted by molar-refractivity contribution is 0.0909. The van der Waals surface area contributed by atoms with Gasteiger partial charge in [0, 0.05) is 0 Å². The van der Waals surface area contributed by atoms with Crippen molar-refractivity contribution >= 4 is 12.6 Å². The van der Waals surface area contributed by atoms with Gasteiger partial charge in [-0.05, 0) is 19.3 Å². The Hall–Kier alpha value is 0.310. The van der Waals surface area contributed by atoms with E-state index in [2.05, 4.69) is 19.6 Å². The first-order chi connectivity index (χ1) is 3.83. The molecule has 2 heteroatoms. The van der Waals surface area contributed by atoms with Crippen LogP contribution >= 0.6 is 12.6 Å². The fraction of sp³-hybridized carbons (Fsp3) is 1.00. The van der Waals surface area contributed by atoms with Gasteiger partial charge in [0.1, 0.15) is 5.44 Å². The fourth-order valence-corrected chi connectivity index (χ4v) is 1.31. The van der Waals surface area contributed by atoms with Gasteiger partial charge in [0.05, 0.1) is 6.10 Å². The van der Waals surface area contributed by atoms with Crippen LogP contribution in [0.1, 0.15) is 26.2 Å². The second-order valence-corrected chi connectivity index (χ2v) is 2.77. The lowest BCUT2D eigenvalue weighted by Crippen LogP contribution is -2.03. The third kappa shape index (κ3) is 1.39. The van der Waals surface area contributed by atoms with Gasteiger partial charge in [-0.1, -0.05) is 6.92 Å². The van der Waals surface area contributed by atoms with Gasteiger partial charge in [0.15, 0.2) is 0 Å². The van der Waals surface area contributed by atoms with Gasteiger partial charge in [-0.25, -0.2) is 0 Å². The Morgan fingerprint density at radius 3 is 2.62 bits per heavy atom. The average Bonchev–Trinajstić information content (AvgIpc) is 2.14. The largest absolute Gasteiger partial charge is 0.365 e. The standard InChI is InChI=1S/C6H12OS/c1-2-5-3-4-6(8)7-5/h5-6,8H,2-4H2,1H3. The van der Waals surface area contributed by atoms with E-state index in [1.807, 2.05) is 0 Å². The number of hydrogen-bond acceptors (Lipinski definition) is 2. The van der Waals surface area contributed by atoms with Gasteiger partial charge in [-0.15, -0.1) is 12.6 Å². The predicted octanol–water partition coefficient (Wildman–Crippen LogP) is 1.83. The lowest BCUT2D eigenvalue weighted by atomic mass is 10.2. The Morgan fingerprint density at radius 1 is 1.62 bits per heavy atom. The minimum absolute atomic E-state index is 0.222. The molecular formula is C6H12OS. The molecule has 0 spiro atoms. The van der Waals surface area contributed by atoms with E-state index in [9.17, 15) is 0 Å². The van der Waals surface area contributed by atoms with E-state index in [4.69, 9.17) is 4.74 Å². The molecule has 0 aromatic heterocycles. The van der Waals surface area contributed by atoms with Crippen LogP contribution in [0.3, 0.4) is 0 Å². The summed E-state index contributed by atoms with van der Waals surface area (Å²) in [5.41, 5.74) is 0.222. The average molecular weight is 132 g/mol. The summed E-state index contributed by atoms with van der Waals surface area (Å²) in [4.78, 5) is 0. The molecule has 0 bridgehead atoms. The van der Waals surface area contributed by atoms with E-state index in [1.165, 1.54) is 6.42 Å². The first-order valence-electron chi connectivity index (χ1n) is 3.16. The molecule has 2 atom stereocenters. The van der Waals surface area contributed by atoms with Crippen molar-refractivity contribution in [1.29, 1.82) is 0 Å². The lowest BCUT2D eigenvalue weighted by Gasteiger charge is -2.05. The van der Waals surface area contributed by atoms with Crippen LogP contribution in [0.25, 0.3) is 0 Å². The van der Waals surface area contributed by atoms with E-state index in [0.717, 1.165) is 12.8 Å². The van der Waals surface area contributed by atoms with Crippen molar-refractivity contribution in [3.63, 3.8) is 0 Å². The van der Waals surface area contributed by atoms with Crippen LogP contribution in [-0.4, -0.2) is 11.5 Å². The maximum Gasteiger partial charge on any atom is 0.100 e. The van der Waals surface area contributed by atoms with Crippen molar-refractivity contribution in [3.05, 3.63) is 0 Å². The zero-order chi connectivity index (χ0) is 5.98. The van der Waals surface area contributed by atoms with E-state index in [-0.39, 0.29) is 5.44 Å². The van der Waals surface area contributed by atoms with E-state index >= 15 is 0 Å². The van der Waals surface area contributed by atoms with Crippen LogP contribution in [0.2, 0.25) is 0 Å². The highest BCUT2D eigenvalue weighted by molar-refractivity contribution is 7.80. The Morgan fingerprint density at radius 2 is 2.38 bits per heavy atom. The summed E-state index contributed by atoms with van der Waals surface area (Å²) in [5, 5.41) is 0. The molecule has 0 radical (unpaired) electrons. The van der Waals surface area contributed by atoms with Crippen molar-refractivity contribution in [2.45, 2.75) is 37.7 Å². The zero-order valence-electron chi connectivity index (χ0n) is 5.13. The Labute approximate surface area is 55.8 Å². The molecule has 0 saturated carbocycles. The van der Waals surface area contributed by atoms with Crippen LogP contribution in [0.15, 0.2) is 0 Å². The molecule has 1 heterocycles. The molecular weight excluding hydrogens is 120 g/mol. The summed E-state index contributed by atoms with van der Waals surface area (Å²) in [6.45, 7) is 2.15. The number of thiol groups is 1. The molecule has 8 heavy (non-hydrogen) atoms. The molecule has 0 aromatic rings. The first-order valence-corrected chi connectivity index (χ1v) is 3.68. The summed E-state index contributed by atoms with van der Waals surface area (Å²) < 4.78 is 5.37. The molecule has 1 rings (SSSR count). The maximum absolute atomic E-state index is 5.37. The smallest absolute Gasteiger partial charge is 0.100 e. The molecule has 2 unspecified atom stereocenters. The maximum atomic E-state index is 5.37. The van der Waals surface area contributed by atoms with Crippen LogP contribution in [0.4, 0.5) is 0 Å². The molecule has 0 aromatic carbocycles. The highest BCUT2D eigenvalue weighted by atomic mass is 32.1. The van der Waals surface area contributed by atoms with Crippen LogP contribution in [-0.2, 0) is 4.74 Å². The molecule has 1 fully saturated rings. The summed E-state index contributed by atoms with van der Waals surface area (Å²) in [5.74, 6) is 0. The first kappa shape index (κ1) is 6.43. The van der Waals surface area contributed by atoms with Crippen molar-refractivity contribution in [3.8, 4) is 0 Å². The Kier molecular flexibility index (Phi) is 2.20. The number of rotatable bonds is 1. The van der Waals surface area contributed by atoms with E-state index in [0.29, 0.717) is 6.10 Å². The third-order valence-electron chi connectivity index (χ3n) is 1.54. The molecule has 0 aliphatic carbocycles. The van der Waals surface area contributed by atoms with Gasteiger partial charge in [-0.2, -0.15) is 0 Å². The highest BCUT2D eigenvalue weighted by Gasteiger charge is 2.19. The second kappa shape index (κ2) is 2.74. The summed E-state index contributed by atoms with van der Waals surface area (Å²) in [6, 6.07) is 0.